The standard InChI is InChI=1S/C17H16FN5OS/c1-10-14(11(2)24-21-10)8-22(3)17-20-23-9-15(19-16(23)25-17)12-4-6-13(18)7-5-12/h4-7,9H,8H2,1-3H3. The first-order chi connectivity index (χ1) is 12.0. The van der Waals surface area contributed by atoms with Crippen LogP contribution >= 0.6 is 11.3 Å². The molecule has 0 saturated heterocycles. The molecular formula is C17H16FN5OS. The summed E-state index contributed by atoms with van der Waals surface area (Å²) in [6.07, 6.45) is 1.85. The van der Waals surface area contributed by atoms with Crippen LogP contribution in [0.15, 0.2) is 35.0 Å². The minimum atomic E-state index is -0.258. The lowest BCUT2D eigenvalue weighted by molar-refractivity contribution is 0.392. The molecule has 0 N–H and O–H groups in total. The molecule has 4 rings (SSSR count). The number of fused-ring (bicyclic) bond motifs is 1. The number of anilines is 1. The number of aryl methyl sites for hydroxylation is 2. The predicted molar refractivity (Wildman–Crippen MR) is 94.3 cm³/mol. The first-order valence-electron chi connectivity index (χ1n) is 7.76. The van der Waals surface area contributed by atoms with Crippen molar-refractivity contribution in [1.29, 1.82) is 0 Å². The summed E-state index contributed by atoms with van der Waals surface area (Å²) in [7, 11) is 1.98. The lowest BCUT2D eigenvalue weighted by Gasteiger charge is -2.14. The minimum Gasteiger partial charge on any atom is -0.361 e. The average molecular weight is 357 g/mol. The van der Waals surface area contributed by atoms with Crippen molar-refractivity contribution in [3.8, 4) is 11.3 Å². The van der Waals surface area contributed by atoms with Crippen LogP contribution in [0.1, 0.15) is 17.0 Å². The van der Waals surface area contributed by atoms with Crippen molar-refractivity contribution in [3.05, 3.63) is 53.3 Å². The highest BCUT2D eigenvalue weighted by molar-refractivity contribution is 7.20. The highest BCUT2D eigenvalue weighted by atomic mass is 32.1. The topological polar surface area (TPSA) is 59.5 Å². The maximum Gasteiger partial charge on any atom is 0.214 e. The molecule has 3 aromatic heterocycles. The second-order valence-electron chi connectivity index (χ2n) is 5.90. The fourth-order valence-corrected chi connectivity index (χ4v) is 3.48. The van der Waals surface area contributed by atoms with Gasteiger partial charge < -0.3 is 9.42 Å². The van der Waals surface area contributed by atoms with E-state index in [1.165, 1.54) is 23.5 Å². The van der Waals surface area contributed by atoms with Gasteiger partial charge in [-0.3, -0.25) is 0 Å². The first kappa shape index (κ1) is 15.8. The predicted octanol–water partition coefficient (Wildman–Crippen LogP) is 3.84. The molecule has 128 valence electrons. The number of benzene rings is 1. The number of imidazole rings is 1. The molecule has 0 aliphatic rings. The van der Waals surface area contributed by atoms with Crippen molar-refractivity contribution >= 4 is 21.4 Å². The van der Waals surface area contributed by atoms with Gasteiger partial charge in [-0.1, -0.05) is 16.5 Å². The van der Waals surface area contributed by atoms with Crippen molar-refractivity contribution < 1.29 is 8.91 Å². The summed E-state index contributed by atoms with van der Waals surface area (Å²) in [6, 6.07) is 6.29. The lowest BCUT2D eigenvalue weighted by atomic mass is 10.2. The largest absolute Gasteiger partial charge is 0.361 e. The Morgan fingerprint density at radius 2 is 2.00 bits per heavy atom. The summed E-state index contributed by atoms with van der Waals surface area (Å²) in [5.41, 5.74) is 3.61. The fraction of sp³-hybridized carbons (Fsp3) is 0.235. The van der Waals surface area contributed by atoms with Gasteiger partial charge in [-0.25, -0.2) is 13.9 Å². The Labute approximate surface area is 147 Å². The van der Waals surface area contributed by atoms with Crippen LogP contribution in [0, 0.1) is 19.7 Å². The molecule has 8 heteroatoms. The molecule has 0 atom stereocenters. The van der Waals surface area contributed by atoms with Gasteiger partial charge in [0.25, 0.3) is 0 Å². The third kappa shape index (κ3) is 2.89. The summed E-state index contributed by atoms with van der Waals surface area (Å²) in [6.45, 7) is 4.51. The molecule has 0 saturated carbocycles. The van der Waals surface area contributed by atoms with E-state index in [0.717, 1.165) is 38.4 Å². The normalized spacial score (nSPS) is 11.4. The summed E-state index contributed by atoms with van der Waals surface area (Å²) in [4.78, 5) is 7.42. The summed E-state index contributed by atoms with van der Waals surface area (Å²) < 4.78 is 20.0. The smallest absolute Gasteiger partial charge is 0.214 e. The zero-order valence-electron chi connectivity index (χ0n) is 14.0. The van der Waals surface area contributed by atoms with E-state index in [1.807, 2.05) is 32.0 Å². The van der Waals surface area contributed by atoms with Crippen LogP contribution in [0.3, 0.4) is 0 Å². The van der Waals surface area contributed by atoms with Gasteiger partial charge in [0.1, 0.15) is 11.6 Å². The van der Waals surface area contributed by atoms with Crippen molar-refractivity contribution in [2.75, 3.05) is 11.9 Å². The molecule has 0 aliphatic heterocycles. The SMILES string of the molecule is Cc1noc(C)c1CN(C)c1nn2cc(-c3ccc(F)cc3)nc2s1. The van der Waals surface area contributed by atoms with Gasteiger partial charge in [-0.15, -0.1) is 5.10 Å². The molecule has 0 fully saturated rings. The number of nitrogens with zero attached hydrogens (tertiary/aromatic N) is 5. The van der Waals surface area contributed by atoms with Crippen LogP contribution in [0.5, 0.6) is 0 Å². The third-order valence-electron chi connectivity index (χ3n) is 4.08. The van der Waals surface area contributed by atoms with Crippen LogP contribution < -0.4 is 4.90 Å². The number of rotatable bonds is 4. The van der Waals surface area contributed by atoms with E-state index in [1.54, 1.807) is 16.6 Å². The molecule has 4 aromatic rings. The van der Waals surface area contributed by atoms with E-state index in [4.69, 9.17) is 4.52 Å². The quantitative estimate of drug-likeness (QED) is 0.555. The molecule has 0 radical (unpaired) electrons. The molecule has 0 amide bonds. The Morgan fingerprint density at radius 1 is 1.24 bits per heavy atom. The van der Waals surface area contributed by atoms with Crippen LogP contribution in [-0.4, -0.2) is 26.8 Å². The molecule has 25 heavy (non-hydrogen) atoms. The van der Waals surface area contributed by atoms with Crippen molar-refractivity contribution in [2.45, 2.75) is 20.4 Å². The third-order valence-corrected chi connectivity index (χ3v) is 5.11. The average Bonchev–Trinajstić information content (AvgIpc) is 3.24. The Hall–Kier alpha value is -2.74. The van der Waals surface area contributed by atoms with Gasteiger partial charge in [0, 0.05) is 18.2 Å². The van der Waals surface area contributed by atoms with Crippen LogP contribution in [0.4, 0.5) is 9.52 Å². The van der Waals surface area contributed by atoms with E-state index in [0.29, 0.717) is 6.54 Å². The second-order valence-corrected chi connectivity index (χ2v) is 6.84. The fourth-order valence-electron chi connectivity index (χ4n) is 2.64. The Balaban J connectivity index is 1.59. The molecule has 3 heterocycles. The maximum atomic E-state index is 13.0. The lowest BCUT2D eigenvalue weighted by Crippen LogP contribution is -2.17. The van der Waals surface area contributed by atoms with E-state index in [-0.39, 0.29) is 5.82 Å². The number of hydrogen-bond donors (Lipinski definition) is 0. The Kier molecular flexibility index (Phi) is 3.76. The molecule has 0 unspecified atom stereocenters. The summed E-state index contributed by atoms with van der Waals surface area (Å²) in [5.74, 6) is 0.565. The Morgan fingerprint density at radius 3 is 2.64 bits per heavy atom. The molecule has 0 bridgehead atoms. The van der Waals surface area contributed by atoms with Gasteiger partial charge in [-0.05, 0) is 38.1 Å². The van der Waals surface area contributed by atoms with Crippen LogP contribution in [-0.2, 0) is 6.54 Å². The van der Waals surface area contributed by atoms with Crippen LogP contribution in [0.2, 0.25) is 0 Å². The van der Waals surface area contributed by atoms with E-state index in [2.05, 4.69) is 15.2 Å². The monoisotopic (exact) mass is 357 g/mol. The summed E-state index contributed by atoms with van der Waals surface area (Å²) in [5, 5.41) is 9.43. The van der Waals surface area contributed by atoms with Crippen LogP contribution in [0.25, 0.3) is 16.2 Å². The summed E-state index contributed by atoms with van der Waals surface area (Å²) >= 11 is 1.50. The van der Waals surface area contributed by atoms with Crippen molar-refractivity contribution in [1.82, 2.24) is 19.8 Å². The Bertz CT molecular complexity index is 982. The molecule has 1 aromatic carbocycles. The highest BCUT2D eigenvalue weighted by Crippen LogP contribution is 2.27. The van der Waals surface area contributed by atoms with E-state index >= 15 is 0 Å². The number of aromatic nitrogens is 4. The van der Waals surface area contributed by atoms with Gasteiger partial charge >= 0.3 is 0 Å². The van der Waals surface area contributed by atoms with E-state index in [9.17, 15) is 4.39 Å². The molecule has 0 aliphatic carbocycles. The van der Waals surface area contributed by atoms with Crippen molar-refractivity contribution in [2.24, 2.45) is 0 Å². The molecular weight excluding hydrogens is 341 g/mol. The first-order valence-corrected chi connectivity index (χ1v) is 8.58. The minimum absolute atomic E-state index is 0.258. The molecule has 0 spiro atoms. The molecule has 6 nitrogen and oxygen atoms in total. The van der Waals surface area contributed by atoms with Gasteiger partial charge in [0.05, 0.1) is 24.1 Å². The van der Waals surface area contributed by atoms with Gasteiger partial charge in [0.2, 0.25) is 10.1 Å². The van der Waals surface area contributed by atoms with Crippen molar-refractivity contribution in [3.63, 3.8) is 0 Å². The zero-order chi connectivity index (χ0) is 17.6. The van der Waals surface area contributed by atoms with Gasteiger partial charge in [0.15, 0.2) is 0 Å². The van der Waals surface area contributed by atoms with E-state index < -0.39 is 0 Å². The number of halogens is 1. The number of hydrogen-bond acceptors (Lipinski definition) is 6. The zero-order valence-corrected chi connectivity index (χ0v) is 14.8. The van der Waals surface area contributed by atoms with Gasteiger partial charge in [-0.2, -0.15) is 0 Å². The second kappa shape index (κ2) is 5.96. The highest BCUT2D eigenvalue weighted by Gasteiger charge is 2.16. The maximum absolute atomic E-state index is 13.0.